The van der Waals surface area contributed by atoms with Gasteiger partial charge in [0, 0.05) is 29.0 Å². The van der Waals surface area contributed by atoms with Crippen molar-refractivity contribution >= 4 is 16.7 Å². The molecular formula is C14H12N4. The predicted molar refractivity (Wildman–Crippen MR) is 71.9 cm³/mol. The van der Waals surface area contributed by atoms with Crippen LogP contribution in [0.4, 0.5) is 5.82 Å². The fraction of sp³-hybridized carbons (Fsp3) is 0.0714. The highest BCUT2D eigenvalue weighted by Crippen LogP contribution is 2.29. The number of nitrogens with two attached hydrogens (primary N) is 1. The van der Waals surface area contributed by atoms with Crippen LogP contribution in [0, 0.1) is 6.92 Å². The molecule has 4 heteroatoms. The van der Waals surface area contributed by atoms with Crippen molar-refractivity contribution in [3.8, 4) is 11.3 Å². The van der Waals surface area contributed by atoms with Gasteiger partial charge < -0.3 is 5.73 Å². The molecule has 0 spiro atoms. The van der Waals surface area contributed by atoms with Crippen molar-refractivity contribution in [3.05, 3.63) is 48.4 Å². The van der Waals surface area contributed by atoms with E-state index in [0.29, 0.717) is 11.5 Å². The van der Waals surface area contributed by atoms with Crippen LogP contribution in [0.1, 0.15) is 5.69 Å². The summed E-state index contributed by atoms with van der Waals surface area (Å²) in [6, 6.07) is 9.94. The third kappa shape index (κ3) is 1.68. The van der Waals surface area contributed by atoms with E-state index in [1.165, 1.54) is 0 Å². The molecule has 3 rings (SSSR count). The normalized spacial score (nSPS) is 10.7. The minimum Gasteiger partial charge on any atom is -0.382 e. The number of nitrogen functional groups attached to an aromatic ring is 1. The number of aromatic nitrogens is 3. The van der Waals surface area contributed by atoms with Gasteiger partial charge in [0.15, 0.2) is 0 Å². The Kier molecular flexibility index (Phi) is 2.41. The van der Waals surface area contributed by atoms with Gasteiger partial charge in [-0.2, -0.15) is 0 Å². The molecule has 0 aliphatic rings. The molecule has 0 atom stereocenters. The van der Waals surface area contributed by atoms with Gasteiger partial charge in [-0.05, 0) is 19.1 Å². The predicted octanol–water partition coefficient (Wildman–Crippen LogP) is 2.58. The lowest BCUT2D eigenvalue weighted by Gasteiger charge is -2.08. The third-order valence-corrected chi connectivity index (χ3v) is 2.83. The van der Waals surface area contributed by atoms with Gasteiger partial charge in [0.25, 0.3) is 0 Å². The van der Waals surface area contributed by atoms with Crippen LogP contribution in [0.5, 0.6) is 0 Å². The summed E-state index contributed by atoms with van der Waals surface area (Å²) >= 11 is 0. The second-order valence-electron chi connectivity index (χ2n) is 4.12. The first kappa shape index (κ1) is 10.7. The van der Waals surface area contributed by atoms with Gasteiger partial charge in [-0.3, -0.25) is 9.97 Å². The monoisotopic (exact) mass is 236 g/mol. The zero-order valence-corrected chi connectivity index (χ0v) is 9.96. The molecule has 1 aromatic carbocycles. The zero-order valence-electron chi connectivity index (χ0n) is 9.96. The molecule has 0 aliphatic heterocycles. The topological polar surface area (TPSA) is 64.7 Å². The average Bonchev–Trinajstić information content (AvgIpc) is 2.38. The van der Waals surface area contributed by atoms with Gasteiger partial charge >= 0.3 is 0 Å². The van der Waals surface area contributed by atoms with E-state index in [1.807, 2.05) is 37.3 Å². The van der Waals surface area contributed by atoms with Crippen LogP contribution in [0.15, 0.2) is 42.7 Å². The summed E-state index contributed by atoms with van der Waals surface area (Å²) in [5.74, 6) is 0.438. The van der Waals surface area contributed by atoms with Gasteiger partial charge in [-0.15, -0.1) is 0 Å². The maximum absolute atomic E-state index is 5.90. The number of nitrogens with zero attached hydrogens (tertiary/aromatic N) is 3. The summed E-state index contributed by atoms with van der Waals surface area (Å²) in [6.07, 6.45) is 3.24. The molecule has 4 nitrogen and oxygen atoms in total. The molecule has 0 bridgehead atoms. The number of hydrogen-bond acceptors (Lipinski definition) is 4. The number of para-hydroxylation sites is 1. The van der Waals surface area contributed by atoms with Crippen molar-refractivity contribution in [3.63, 3.8) is 0 Å². The summed E-state index contributed by atoms with van der Waals surface area (Å²) in [4.78, 5) is 12.9. The fourth-order valence-electron chi connectivity index (χ4n) is 2.06. The molecule has 2 aromatic heterocycles. The molecule has 88 valence electrons. The third-order valence-electron chi connectivity index (χ3n) is 2.83. The Morgan fingerprint density at radius 3 is 2.67 bits per heavy atom. The lowest BCUT2D eigenvalue weighted by Crippen LogP contribution is -1.97. The summed E-state index contributed by atoms with van der Waals surface area (Å²) in [5, 5.41) is 1.04. The van der Waals surface area contributed by atoms with E-state index in [4.69, 9.17) is 5.73 Å². The minimum atomic E-state index is 0.438. The first-order chi connectivity index (χ1) is 8.75. The molecule has 18 heavy (non-hydrogen) atoms. The number of benzene rings is 1. The van der Waals surface area contributed by atoms with E-state index >= 15 is 0 Å². The molecular weight excluding hydrogens is 224 g/mol. The molecule has 0 radical (unpaired) electrons. The van der Waals surface area contributed by atoms with Gasteiger partial charge in [0.1, 0.15) is 11.5 Å². The summed E-state index contributed by atoms with van der Waals surface area (Å²) in [5.41, 5.74) is 9.46. The van der Waals surface area contributed by atoms with Crippen molar-refractivity contribution in [2.75, 3.05) is 5.73 Å². The van der Waals surface area contributed by atoms with Crippen LogP contribution < -0.4 is 5.73 Å². The standard InChI is InChI=1S/C14H12N4/c1-9-8-11(13-14(15)17-7-6-16-13)10-4-2-3-5-12(10)18-9/h2-8H,1H3,(H2,15,17). The maximum atomic E-state index is 5.90. The smallest absolute Gasteiger partial charge is 0.150 e. The highest BCUT2D eigenvalue weighted by molar-refractivity contribution is 5.95. The van der Waals surface area contributed by atoms with Crippen molar-refractivity contribution in [1.29, 1.82) is 0 Å². The molecule has 2 heterocycles. The number of aryl methyl sites for hydroxylation is 1. The van der Waals surface area contributed by atoms with Crippen LogP contribution in [-0.2, 0) is 0 Å². The van der Waals surface area contributed by atoms with Crippen LogP contribution in [0.3, 0.4) is 0 Å². The van der Waals surface area contributed by atoms with Crippen LogP contribution in [-0.4, -0.2) is 15.0 Å². The Morgan fingerprint density at radius 1 is 1.06 bits per heavy atom. The number of pyridine rings is 1. The largest absolute Gasteiger partial charge is 0.382 e. The van der Waals surface area contributed by atoms with Crippen LogP contribution in [0.2, 0.25) is 0 Å². The fourth-order valence-corrected chi connectivity index (χ4v) is 2.06. The summed E-state index contributed by atoms with van der Waals surface area (Å²) in [7, 11) is 0. The van der Waals surface area contributed by atoms with Crippen LogP contribution >= 0.6 is 0 Å². The lowest BCUT2D eigenvalue weighted by atomic mass is 10.0. The highest BCUT2D eigenvalue weighted by atomic mass is 14.9. The van der Waals surface area contributed by atoms with Crippen molar-refractivity contribution < 1.29 is 0 Å². The molecule has 0 amide bonds. The number of fused-ring (bicyclic) bond motifs is 1. The molecule has 2 N–H and O–H groups in total. The van der Waals surface area contributed by atoms with Gasteiger partial charge in [-0.25, -0.2) is 4.98 Å². The van der Waals surface area contributed by atoms with Crippen LogP contribution in [0.25, 0.3) is 22.2 Å². The first-order valence-electron chi connectivity index (χ1n) is 5.69. The maximum Gasteiger partial charge on any atom is 0.150 e. The lowest BCUT2D eigenvalue weighted by molar-refractivity contribution is 1.20. The number of hydrogen-bond donors (Lipinski definition) is 1. The van der Waals surface area contributed by atoms with Crippen molar-refractivity contribution in [2.45, 2.75) is 6.92 Å². The Hall–Kier alpha value is -2.49. The van der Waals surface area contributed by atoms with Gasteiger partial charge in [-0.1, -0.05) is 18.2 Å². The van der Waals surface area contributed by atoms with Gasteiger partial charge in [0.2, 0.25) is 0 Å². The SMILES string of the molecule is Cc1cc(-c2nccnc2N)c2ccccc2n1. The molecule has 0 saturated carbocycles. The van der Waals surface area contributed by atoms with Crippen molar-refractivity contribution in [1.82, 2.24) is 15.0 Å². The highest BCUT2D eigenvalue weighted by Gasteiger charge is 2.10. The van der Waals surface area contributed by atoms with E-state index in [9.17, 15) is 0 Å². The average molecular weight is 236 g/mol. The van der Waals surface area contributed by atoms with E-state index < -0.39 is 0 Å². The Morgan fingerprint density at radius 2 is 1.83 bits per heavy atom. The quantitative estimate of drug-likeness (QED) is 0.705. The Bertz CT molecular complexity index is 722. The second-order valence-corrected chi connectivity index (χ2v) is 4.12. The molecule has 0 aliphatic carbocycles. The molecule has 0 fully saturated rings. The van der Waals surface area contributed by atoms with Gasteiger partial charge in [0.05, 0.1) is 5.52 Å². The number of anilines is 1. The second kappa shape index (κ2) is 4.07. The van der Waals surface area contributed by atoms with E-state index in [-0.39, 0.29) is 0 Å². The van der Waals surface area contributed by atoms with E-state index in [2.05, 4.69) is 15.0 Å². The molecule has 0 saturated heterocycles. The summed E-state index contributed by atoms with van der Waals surface area (Å²) < 4.78 is 0. The Balaban J connectivity index is 2.39. The van der Waals surface area contributed by atoms with E-state index in [0.717, 1.165) is 22.2 Å². The summed E-state index contributed by atoms with van der Waals surface area (Å²) in [6.45, 7) is 1.96. The van der Waals surface area contributed by atoms with E-state index in [1.54, 1.807) is 12.4 Å². The van der Waals surface area contributed by atoms with Crippen molar-refractivity contribution in [2.24, 2.45) is 0 Å². The first-order valence-corrected chi connectivity index (χ1v) is 5.69. The zero-order chi connectivity index (χ0) is 12.5. The molecule has 0 unspecified atom stereocenters. The number of rotatable bonds is 1. The molecule has 3 aromatic rings. The Labute approximate surface area is 105 Å². The minimum absolute atomic E-state index is 0.438.